The van der Waals surface area contributed by atoms with Gasteiger partial charge in [0.1, 0.15) is 0 Å². The normalized spacial score (nSPS) is 17.5. The maximum Gasteiger partial charge on any atom is 0.246 e. The number of hydrogen-bond donors (Lipinski definition) is 1. The molecular formula is C21H37N5O4S. The van der Waals surface area contributed by atoms with Crippen molar-refractivity contribution in [2.45, 2.75) is 65.1 Å². The van der Waals surface area contributed by atoms with Crippen LogP contribution in [0.2, 0.25) is 0 Å². The first-order valence-electron chi connectivity index (χ1n) is 10.7. The molecule has 176 valence electrons. The Morgan fingerprint density at radius 3 is 2.48 bits per heavy atom. The molecule has 1 aromatic rings. The first-order chi connectivity index (χ1) is 14.3. The Morgan fingerprint density at radius 2 is 1.87 bits per heavy atom. The van der Waals surface area contributed by atoms with Crippen LogP contribution in [0, 0.1) is 0 Å². The van der Waals surface area contributed by atoms with Gasteiger partial charge in [-0.25, -0.2) is 13.1 Å². The molecule has 1 aliphatic heterocycles. The fourth-order valence-electron chi connectivity index (χ4n) is 3.20. The molecule has 2 rings (SSSR count). The maximum atomic E-state index is 11.6. The van der Waals surface area contributed by atoms with E-state index in [1.54, 1.807) is 6.92 Å². The second-order valence-electron chi connectivity index (χ2n) is 9.54. The SMILES string of the molecule is C=C(C)C(=O)NCCC(C)(C)OCCC(C)(C)n1cc(CN2CCS(=O)(=O)CC2)nn1. The minimum absolute atomic E-state index is 0.134. The summed E-state index contributed by atoms with van der Waals surface area (Å²) in [5, 5.41) is 11.4. The average Bonchev–Trinajstić information content (AvgIpc) is 3.12. The van der Waals surface area contributed by atoms with Crippen molar-refractivity contribution in [1.82, 2.24) is 25.2 Å². The smallest absolute Gasteiger partial charge is 0.246 e. The largest absolute Gasteiger partial charge is 0.375 e. The van der Waals surface area contributed by atoms with E-state index in [1.165, 1.54) is 0 Å². The lowest BCUT2D eigenvalue weighted by Crippen LogP contribution is -2.39. The quantitative estimate of drug-likeness (QED) is 0.504. The van der Waals surface area contributed by atoms with Crippen molar-refractivity contribution < 1.29 is 17.9 Å². The standard InChI is InChI=1S/C21H37N5O4S/c1-17(2)19(27)22-9-7-21(5,6)30-12-8-20(3,4)26-16-18(23-24-26)15-25-10-13-31(28,29)14-11-25/h16H,1,7-15H2,2-6H3,(H,22,27). The van der Waals surface area contributed by atoms with E-state index in [0.717, 1.165) is 12.1 Å². The predicted molar refractivity (Wildman–Crippen MR) is 120 cm³/mol. The van der Waals surface area contributed by atoms with Gasteiger partial charge in [-0.15, -0.1) is 5.10 Å². The Kier molecular flexibility index (Phi) is 8.40. The summed E-state index contributed by atoms with van der Waals surface area (Å²) >= 11 is 0. The Morgan fingerprint density at radius 1 is 1.23 bits per heavy atom. The third-order valence-corrected chi connectivity index (χ3v) is 7.20. The van der Waals surface area contributed by atoms with Gasteiger partial charge >= 0.3 is 0 Å². The van der Waals surface area contributed by atoms with Crippen molar-refractivity contribution in [2.75, 3.05) is 37.7 Å². The number of sulfone groups is 1. The van der Waals surface area contributed by atoms with Gasteiger partial charge in [0.2, 0.25) is 5.91 Å². The summed E-state index contributed by atoms with van der Waals surface area (Å²) in [7, 11) is -2.88. The van der Waals surface area contributed by atoms with Gasteiger partial charge in [0.05, 0.1) is 34.5 Å². The molecule has 0 saturated carbocycles. The molecule has 2 heterocycles. The first kappa shape index (κ1) is 25.5. The zero-order valence-electron chi connectivity index (χ0n) is 19.5. The fourth-order valence-corrected chi connectivity index (χ4v) is 4.47. The molecule has 0 aliphatic carbocycles. The Hall–Kier alpha value is -1.78. The monoisotopic (exact) mass is 455 g/mol. The highest BCUT2D eigenvalue weighted by molar-refractivity contribution is 7.91. The molecule has 1 aliphatic rings. The highest BCUT2D eigenvalue weighted by Crippen LogP contribution is 2.22. The van der Waals surface area contributed by atoms with Gasteiger partial charge in [0, 0.05) is 38.4 Å². The second kappa shape index (κ2) is 10.2. The molecular weight excluding hydrogens is 418 g/mol. The van der Waals surface area contributed by atoms with E-state index < -0.39 is 9.84 Å². The molecule has 10 heteroatoms. The van der Waals surface area contributed by atoms with Gasteiger partial charge in [-0.05, 0) is 47.5 Å². The summed E-state index contributed by atoms with van der Waals surface area (Å²) in [5.41, 5.74) is 0.696. The Labute approximate surface area is 186 Å². The summed E-state index contributed by atoms with van der Waals surface area (Å²) in [4.78, 5) is 13.7. The molecule has 0 aromatic carbocycles. The van der Waals surface area contributed by atoms with Crippen molar-refractivity contribution in [3.63, 3.8) is 0 Å². The van der Waals surface area contributed by atoms with Crippen LogP contribution in [0.3, 0.4) is 0 Å². The third kappa shape index (κ3) is 8.34. The number of carbonyl (C=O) groups excluding carboxylic acids is 1. The van der Waals surface area contributed by atoms with Crippen LogP contribution in [-0.4, -0.2) is 77.6 Å². The zero-order chi connectivity index (χ0) is 23.3. The number of rotatable bonds is 11. The van der Waals surface area contributed by atoms with Gasteiger partial charge in [-0.3, -0.25) is 9.69 Å². The summed E-state index contributed by atoms with van der Waals surface area (Å²) in [5.74, 6) is 0.276. The Balaban J connectivity index is 1.79. The van der Waals surface area contributed by atoms with Gasteiger partial charge < -0.3 is 10.1 Å². The van der Waals surface area contributed by atoms with E-state index in [0.29, 0.717) is 44.8 Å². The molecule has 0 spiro atoms. The van der Waals surface area contributed by atoms with Gasteiger partial charge in [-0.1, -0.05) is 11.8 Å². The molecule has 1 saturated heterocycles. The predicted octanol–water partition coefficient (Wildman–Crippen LogP) is 1.51. The highest BCUT2D eigenvalue weighted by atomic mass is 32.2. The van der Waals surface area contributed by atoms with Crippen LogP contribution in [0.25, 0.3) is 0 Å². The number of hydrogen-bond acceptors (Lipinski definition) is 7. The van der Waals surface area contributed by atoms with Crippen molar-refractivity contribution in [1.29, 1.82) is 0 Å². The molecule has 9 nitrogen and oxygen atoms in total. The molecule has 31 heavy (non-hydrogen) atoms. The van der Waals surface area contributed by atoms with Crippen LogP contribution in [0.4, 0.5) is 0 Å². The van der Waals surface area contributed by atoms with Crippen LogP contribution in [-0.2, 0) is 31.5 Å². The van der Waals surface area contributed by atoms with Crippen LogP contribution in [0.5, 0.6) is 0 Å². The number of amides is 1. The topological polar surface area (TPSA) is 106 Å². The number of ether oxygens (including phenoxy) is 1. The van der Waals surface area contributed by atoms with Gasteiger partial charge in [-0.2, -0.15) is 0 Å². The third-order valence-electron chi connectivity index (χ3n) is 5.59. The van der Waals surface area contributed by atoms with Crippen LogP contribution in [0.1, 0.15) is 53.2 Å². The summed E-state index contributed by atoms with van der Waals surface area (Å²) in [6.07, 6.45) is 3.38. The van der Waals surface area contributed by atoms with E-state index in [-0.39, 0.29) is 28.6 Å². The molecule has 0 unspecified atom stereocenters. The van der Waals surface area contributed by atoms with E-state index in [1.807, 2.05) is 24.7 Å². The number of carbonyl (C=O) groups is 1. The average molecular weight is 456 g/mol. The van der Waals surface area contributed by atoms with Crippen LogP contribution in [0.15, 0.2) is 18.3 Å². The van der Waals surface area contributed by atoms with E-state index in [4.69, 9.17) is 4.74 Å². The summed E-state index contributed by atoms with van der Waals surface area (Å²) in [6, 6.07) is 0. The fraction of sp³-hybridized carbons (Fsp3) is 0.762. The zero-order valence-corrected chi connectivity index (χ0v) is 20.3. The minimum Gasteiger partial charge on any atom is -0.375 e. The molecule has 1 fully saturated rings. The number of aromatic nitrogens is 3. The molecule has 1 aromatic heterocycles. The summed E-state index contributed by atoms with van der Waals surface area (Å²) < 4.78 is 31.1. The number of nitrogens with zero attached hydrogens (tertiary/aromatic N) is 4. The second-order valence-corrected chi connectivity index (χ2v) is 11.8. The highest BCUT2D eigenvalue weighted by Gasteiger charge is 2.26. The van der Waals surface area contributed by atoms with Crippen molar-refractivity contribution >= 4 is 15.7 Å². The van der Waals surface area contributed by atoms with E-state index in [9.17, 15) is 13.2 Å². The van der Waals surface area contributed by atoms with Crippen LogP contribution >= 0.6 is 0 Å². The van der Waals surface area contributed by atoms with E-state index >= 15 is 0 Å². The van der Waals surface area contributed by atoms with Crippen molar-refractivity contribution in [3.8, 4) is 0 Å². The van der Waals surface area contributed by atoms with Crippen molar-refractivity contribution in [3.05, 3.63) is 24.0 Å². The lowest BCUT2D eigenvalue weighted by Gasteiger charge is -2.29. The molecule has 0 bridgehead atoms. The van der Waals surface area contributed by atoms with Gasteiger partial charge in [0.15, 0.2) is 9.84 Å². The number of nitrogens with one attached hydrogen (secondary N) is 1. The lowest BCUT2D eigenvalue weighted by molar-refractivity contribution is -0.117. The van der Waals surface area contributed by atoms with Gasteiger partial charge in [0.25, 0.3) is 0 Å². The molecule has 1 amide bonds. The minimum atomic E-state index is -2.88. The molecule has 0 atom stereocenters. The molecule has 1 N–H and O–H groups in total. The maximum absolute atomic E-state index is 11.6. The van der Waals surface area contributed by atoms with E-state index in [2.05, 4.69) is 41.0 Å². The Bertz CT molecular complexity index is 862. The van der Waals surface area contributed by atoms with Crippen LogP contribution < -0.4 is 5.32 Å². The lowest BCUT2D eigenvalue weighted by atomic mass is 10.0. The summed E-state index contributed by atoms with van der Waals surface area (Å²) in [6.45, 7) is 16.3. The molecule has 0 radical (unpaired) electrons. The first-order valence-corrected chi connectivity index (χ1v) is 12.5. The van der Waals surface area contributed by atoms with Crippen molar-refractivity contribution in [2.24, 2.45) is 0 Å².